The van der Waals surface area contributed by atoms with E-state index in [0.29, 0.717) is 24.2 Å². The van der Waals surface area contributed by atoms with Gasteiger partial charge in [0, 0.05) is 23.6 Å². The summed E-state index contributed by atoms with van der Waals surface area (Å²) in [4.78, 5) is 23.9. The van der Waals surface area contributed by atoms with E-state index in [1.165, 1.54) is 9.08 Å². The molecule has 0 fully saturated rings. The van der Waals surface area contributed by atoms with Crippen molar-refractivity contribution in [1.29, 1.82) is 0 Å². The minimum Gasteiger partial charge on any atom is -0.462 e. The number of fused-ring (bicyclic) bond motifs is 1. The van der Waals surface area contributed by atoms with Crippen LogP contribution in [0.2, 0.25) is 0 Å². The molecule has 0 unspecified atom stereocenters. The standard InChI is InChI=1S/C16H14BrN3O3/c17-13-7-5-12(6-8-13)15(21)23-11-3-10-20-16(22)19-9-2-1-4-14(19)18-20/h1-2,4-9H,3,10-11H2. The topological polar surface area (TPSA) is 65.6 Å². The number of ether oxygens (including phenoxy) is 1. The molecule has 3 aromatic rings. The van der Waals surface area contributed by atoms with Gasteiger partial charge in [-0.3, -0.25) is 4.40 Å². The molecule has 2 heterocycles. The van der Waals surface area contributed by atoms with Crippen LogP contribution in [-0.2, 0) is 11.3 Å². The van der Waals surface area contributed by atoms with Gasteiger partial charge < -0.3 is 4.74 Å². The summed E-state index contributed by atoms with van der Waals surface area (Å²) in [6, 6.07) is 12.3. The van der Waals surface area contributed by atoms with Crippen LogP contribution in [0.25, 0.3) is 5.65 Å². The second-order valence-electron chi connectivity index (χ2n) is 4.93. The van der Waals surface area contributed by atoms with E-state index < -0.39 is 0 Å². The van der Waals surface area contributed by atoms with Crippen LogP contribution >= 0.6 is 15.9 Å². The maximum Gasteiger partial charge on any atom is 0.350 e. The van der Waals surface area contributed by atoms with Crippen LogP contribution in [0.15, 0.2) is 57.9 Å². The van der Waals surface area contributed by atoms with Gasteiger partial charge in [-0.15, -0.1) is 5.10 Å². The molecule has 118 valence electrons. The monoisotopic (exact) mass is 375 g/mol. The largest absolute Gasteiger partial charge is 0.462 e. The maximum atomic E-state index is 12.1. The van der Waals surface area contributed by atoms with Gasteiger partial charge in [-0.05, 0) is 36.4 Å². The number of carbonyl (C=O) groups excluding carboxylic acids is 1. The zero-order chi connectivity index (χ0) is 16.2. The Labute approximate surface area is 140 Å². The second kappa shape index (κ2) is 6.78. The molecule has 23 heavy (non-hydrogen) atoms. The fourth-order valence-electron chi connectivity index (χ4n) is 2.16. The van der Waals surface area contributed by atoms with E-state index in [0.717, 1.165) is 4.47 Å². The van der Waals surface area contributed by atoms with Crippen LogP contribution in [0.5, 0.6) is 0 Å². The zero-order valence-electron chi connectivity index (χ0n) is 12.2. The van der Waals surface area contributed by atoms with E-state index in [2.05, 4.69) is 21.0 Å². The molecule has 0 aliphatic heterocycles. The number of carbonyl (C=O) groups is 1. The quantitative estimate of drug-likeness (QED) is 0.507. The van der Waals surface area contributed by atoms with Crippen LogP contribution in [0.1, 0.15) is 16.8 Å². The minimum atomic E-state index is -0.375. The molecule has 2 aromatic heterocycles. The van der Waals surface area contributed by atoms with Crippen molar-refractivity contribution in [2.45, 2.75) is 13.0 Å². The Kier molecular flexibility index (Phi) is 4.57. The van der Waals surface area contributed by atoms with Crippen LogP contribution in [0, 0.1) is 0 Å². The van der Waals surface area contributed by atoms with E-state index >= 15 is 0 Å². The number of aryl methyl sites for hydroxylation is 1. The summed E-state index contributed by atoms with van der Waals surface area (Å²) in [6.45, 7) is 0.628. The van der Waals surface area contributed by atoms with Gasteiger partial charge in [-0.2, -0.15) is 0 Å². The third kappa shape index (κ3) is 3.50. The number of rotatable bonds is 5. The normalized spacial score (nSPS) is 10.8. The molecule has 0 aliphatic carbocycles. The fourth-order valence-corrected chi connectivity index (χ4v) is 2.43. The number of esters is 1. The Morgan fingerprint density at radius 1 is 1.17 bits per heavy atom. The Hall–Kier alpha value is -2.41. The molecule has 0 atom stereocenters. The molecule has 0 amide bonds. The average molecular weight is 376 g/mol. The average Bonchev–Trinajstić information content (AvgIpc) is 2.89. The third-order valence-electron chi connectivity index (χ3n) is 3.32. The van der Waals surface area contributed by atoms with Crippen molar-refractivity contribution >= 4 is 27.5 Å². The summed E-state index contributed by atoms with van der Waals surface area (Å²) in [7, 11) is 0. The van der Waals surface area contributed by atoms with Gasteiger partial charge in [-0.1, -0.05) is 22.0 Å². The van der Waals surface area contributed by atoms with Crippen molar-refractivity contribution in [1.82, 2.24) is 14.2 Å². The lowest BCUT2D eigenvalue weighted by Crippen LogP contribution is -2.22. The molecule has 0 N–H and O–H groups in total. The van der Waals surface area contributed by atoms with Crippen molar-refractivity contribution < 1.29 is 9.53 Å². The van der Waals surface area contributed by atoms with Crippen molar-refractivity contribution in [3.05, 3.63) is 69.2 Å². The number of aromatic nitrogens is 3. The summed E-state index contributed by atoms with van der Waals surface area (Å²) < 4.78 is 8.96. The van der Waals surface area contributed by atoms with Crippen LogP contribution in [0.4, 0.5) is 0 Å². The predicted molar refractivity (Wildman–Crippen MR) is 88.5 cm³/mol. The molecule has 0 aliphatic rings. The number of benzene rings is 1. The number of nitrogens with zero attached hydrogens (tertiary/aromatic N) is 3. The lowest BCUT2D eigenvalue weighted by Gasteiger charge is -2.04. The molecule has 7 heteroatoms. The first-order valence-corrected chi connectivity index (χ1v) is 7.91. The highest BCUT2D eigenvalue weighted by atomic mass is 79.9. The van der Waals surface area contributed by atoms with Gasteiger partial charge in [-0.25, -0.2) is 14.3 Å². The fraction of sp³-hybridized carbons (Fsp3) is 0.188. The summed E-state index contributed by atoms with van der Waals surface area (Å²) in [5, 5.41) is 4.22. The first-order valence-electron chi connectivity index (χ1n) is 7.12. The van der Waals surface area contributed by atoms with E-state index in [9.17, 15) is 9.59 Å². The first kappa shape index (κ1) is 15.5. The molecule has 3 rings (SSSR count). The molecular formula is C16H14BrN3O3. The predicted octanol–water partition coefficient (Wildman–Crippen LogP) is 2.51. The molecule has 0 saturated carbocycles. The van der Waals surface area contributed by atoms with Gasteiger partial charge in [0.2, 0.25) is 0 Å². The van der Waals surface area contributed by atoms with Crippen LogP contribution in [0.3, 0.4) is 0 Å². The highest BCUT2D eigenvalue weighted by Crippen LogP contribution is 2.11. The molecule has 0 bridgehead atoms. The lowest BCUT2D eigenvalue weighted by atomic mass is 10.2. The Morgan fingerprint density at radius 3 is 2.70 bits per heavy atom. The van der Waals surface area contributed by atoms with Crippen LogP contribution in [-0.4, -0.2) is 26.8 Å². The maximum absolute atomic E-state index is 12.1. The Bertz CT molecular complexity index is 883. The van der Waals surface area contributed by atoms with E-state index in [4.69, 9.17) is 4.74 Å². The molecular weight excluding hydrogens is 362 g/mol. The number of hydrogen-bond donors (Lipinski definition) is 0. The van der Waals surface area contributed by atoms with E-state index in [1.807, 2.05) is 6.07 Å². The Morgan fingerprint density at radius 2 is 1.96 bits per heavy atom. The SMILES string of the molecule is O=C(OCCCn1nc2ccccn2c1=O)c1ccc(Br)cc1. The minimum absolute atomic E-state index is 0.195. The number of halogens is 1. The van der Waals surface area contributed by atoms with Crippen molar-refractivity contribution in [2.24, 2.45) is 0 Å². The summed E-state index contributed by atoms with van der Waals surface area (Å²) >= 11 is 3.31. The molecule has 6 nitrogen and oxygen atoms in total. The van der Waals surface area contributed by atoms with Crippen molar-refractivity contribution in [3.63, 3.8) is 0 Å². The molecule has 1 aromatic carbocycles. The second-order valence-corrected chi connectivity index (χ2v) is 5.85. The summed E-state index contributed by atoms with van der Waals surface area (Å²) in [5.74, 6) is -0.375. The van der Waals surface area contributed by atoms with E-state index in [-0.39, 0.29) is 18.3 Å². The Balaban J connectivity index is 1.55. The van der Waals surface area contributed by atoms with Gasteiger partial charge in [0.05, 0.1) is 12.2 Å². The highest BCUT2D eigenvalue weighted by molar-refractivity contribution is 9.10. The molecule has 0 spiro atoms. The number of pyridine rings is 1. The lowest BCUT2D eigenvalue weighted by molar-refractivity contribution is 0.0494. The summed E-state index contributed by atoms with van der Waals surface area (Å²) in [5.41, 5.74) is 0.905. The molecule has 0 radical (unpaired) electrons. The van der Waals surface area contributed by atoms with Gasteiger partial charge in [0.1, 0.15) is 0 Å². The highest BCUT2D eigenvalue weighted by Gasteiger charge is 2.08. The first-order chi connectivity index (χ1) is 11.1. The van der Waals surface area contributed by atoms with Crippen molar-refractivity contribution in [2.75, 3.05) is 6.61 Å². The van der Waals surface area contributed by atoms with Gasteiger partial charge in [0.25, 0.3) is 0 Å². The van der Waals surface area contributed by atoms with Gasteiger partial charge >= 0.3 is 11.7 Å². The number of hydrogen-bond acceptors (Lipinski definition) is 4. The van der Waals surface area contributed by atoms with E-state index in [1.54, 1.807) is 42.6 Å². The third-order valence-corrected chi connectivity index (χ3v) is 3.84. The van der Waals surface area contributed by atoms with Crippen molar-refractivity contribution in [3.8, 4) is 0 Å². The summed E-state index contributed by atoms with van der Waals surface area (Å²) in [6.07, 6.45) is 2.20. The zero-order valence-corrected chi connectivity index (χ0v) is 13.8. The molecule has 0 saturated heterocycles. The smallest absolute Gasteiger partial charge is 0.350 e. The van der Waals surface area contributed by atoms with Crippen LogP contribution < -0.4 is 5.69 Å². The van der Waals surface area contributed by atoms with Gasteiger partial charge in [0.15, 0.2) is 5.65 Å².